The monoisotopic (exact) mass is 484 g/mol. The quantitative estimate of drug-likeness (QED) is 0.402. The van der Waals surface area contributed by atoms with E-state index in [0.29, 0.717) is 28.2 Å². The highest BCUT2D eigenvalue weighted by molar-refractivity contribution is 5.90. The molecule has 1 aliphatic rings. The number of aromatic hydroxyl groups is 1. The molecule has 2 aromatic heterocycles. The topological polar surface area (TPSA) is 119 Å². The molecule has 0 bridgehead atoms. The maximum absolute atomic E-state index is 12.2. The summed E-state index contributed by atoms with van der Waals surface area (Å²) in [6, 6.07) is 16.5. The minimum absolute atomic E-state index is 0.131. The molecule has 9 nitrogen and oxygen atoms in total. The summed E-state index contributed by atoms with van der Waals surface area (Å²) in [5.74, 6) is 0.107. The van der Waals surface area contributed by atoms with Gasteiger partial charge in [-0.2, -0.15) is 5.10 Å². The van der Waals surface area contributed by atoms with Crippen molar-refractivity contribution in [2.45, 2.75) is 32.4 Å². The molecule has 0 atom stereocenters. The normalized spacial score (nSPS) is 13.9. The van der Waals surface area contributed by atoms with Gasteiger partial charge in [0.25, 0.3) is 0 Å². The van der Waals surface area contributed by atoms with Crippen LogP contribution in [0.1, 0.15) is 37.2 Å². The number of ether oxygens (including phenoxy) is 1. The molecule has 2 aromatic carbocycles. The molecule has 0 amide bonds. The van der Waals surface area contributed by atoms with Gasteiger partial charge in [-0.1, -0.05) is 12.1 Å². The van der Waals surface area contributed by atoms with Crippen molar-refractivity contribution in [3.05, 3.63) is 72.6 Å². The van der Waals surface area contributed by atoms with Crippen molar-refractivity contribution in [2.24, 2.45) is 0 Å². The number of hydrogen-bond acceptors (Lipinski definition) is 8. The highest BCUT2D eigenvalue weighted by Crippen LogP contribution is 2.33. The van der Waals surface area contributed by atoms with Crippen molar-refractivity contribution >= 4 is 17.5 Å². The van der Waals surface area contributed by atoms with Crippen molar-refractivity contribution in [1.29, 1.82) is 0 Å². The van der Waals surface area contributed by atoms with E-state index in [1.54, 1.807) is 36.5 Å². The Morgan fingerprint density at radius 2 is 1.78 bits per heavy atom. The smallest absolute Gasteiger partial charge is 0.338 e. The van der Waals surface area contributed by atoms with Gasteiger partial charge in [-0.25, -0.2) is 4.79 Å². The van der Waals surface area contributed by atoms with Crippen molar-refractivity contribution in [3.8, 4) is 28.1 Å². The summed E-state index contributed by atoms with van der Waals surface area (Å²) in [7, 11) is 0. The molecule has 184 valence electrons. The predicted octanol–water partition coefficient (Wildman–Crippen LogP) is 4.31. The van der Waals surface area contributed by atoms with Crippen LogP contribution in [-0.2, 0) is 4.74 Å². The van der Waals surface area contributed by atoms with Gasteiger partial charge >= 0.3 is 5.97 Å². The van der Waals surface area contributed by atoms with Crippen LogP contribution in [0.4, 0.5) is 11.5 Å². The summed E-state index contributed by atoms with van der Waals surface area (Å²) < 4.78 is 7.36. The molecular weight excluding hydrogens is 456 g/mol. The molecule has 3 N–H and O–H groups in total. The van der Waals surface area contributed by atoms with Gasteiger partial charge < -0.3 is 20.5 Å². The number of nitrogens with zero attached hydrogens (tertiary/aromatic N) is 5. The zero-order chi connectivity index (χ0) is 25.4. The Morgan fingerprint density at radius 1 is 1.06 bits per heavy atom. The number of phenolic OH excluding ortho intramolecular Hbond substituents is 1. The molecule has 9 heteroatoms. The summed E-state index contributed by atoms with van der Waals surface area (Å²) in [4.78, 5) is 14.5. The summed E-state index contributed by atoms with van der Waals surface area (Å²) in [6.07, 6.45) is 3.72. The number of hydrogen-bond donors (Lipinski definition) is 2. The standard InChI is InChI=1S/C27H28N6O3/c1-27(2,3)36-26(35)17-8-10-19(11-9-17)32-15-20(16-32)33-14-18(13-29-33)22-12-23(30-31-25(22)28)21-6-4-5-7-24(21)34/h4-14,20,34H,15-16H2,1-3H3,(H2,28,31). The number of anilines is 2. The van der Waals surface area contributed by atoms with Crippen LogP contribution in [0.5, 0.6) is 5.75 Å². The fraction of sp³-hybridized carbons (Fsp3) is 0.259. The number of aromatic nitrogens is 4. The Balaban J connectivity index is 1.26. The second kappa shape index (κ2) is 8.99. The van der Waals surface area contributed by atoms with E-state index in [0.717, 1.165) is 24.3 Å². The van der Waals surface area contributed by atoms with Gasteiger partial charge in [-0.15, -0.1) is 10.2 Å². The Labute approximate surface area is 209 Å². The third-order valence-electron chi connectivity index (χ3n) is 6.02. The minimum atomic E-state index is -0.523. The Morgan fingerprint density at radius 3 is 2.47 bits per heavy atom. The highest BCUT2D eigenvalue weighted by Gasteiger charge is 2.29. The summed E-state index contributed by atoms with van der Waals surface area (Å²) in [6.45, 7) is 7.15. The van der Waals surface area contributed by atoms with E-state index < -0.39 is 5.60 Å². The van der Waals surface area contributed by atoms with Crippen LogP contribution in [-0.4, -0.2) is 49.7 Å². The van der Waals surface area contributed by atoms with Crippen molar-refractivity contribution < 1.29 is 14.6 Å². The molecule has 5 rings (SSSR count). The van der Waals surface area contributed by atoms with E-state index >= 15 is 0 Å². The zero-order valence-corrected chi connectivity index (χ0v) is 20.4. The van der Waals surface area contributed by atoms with Crippen LogP contribution in [0.25, 0.3) is 22.4 Å². The lowest BCUT2D eigenvalue weighted by atomic mass is 10.1. The average Bonchev–Trinajstić information content (AvgIpc) is 3.28. The second-order valence-electron chi connectivity index (χ2n) is 9.86. The third-order valence-corrected chi connectivity index (χ3v) is 6.02. The molecule has 0 spiro atoms. The predicted molar refractivity (Wildman–Crippen MR) is 138 cm³/mol. The molecule has 1 aliphatic heterocycles. The van der Waals surface area contributed by atoms with E-state index in [2.05, 4.69) is 20.2 Å². The molecule has 4 aromatic rings. The summed E-state index contributed by atoms with van der Waals surface area (Å²) in [5.41, 5.74) is 9.85. The molecular formula is C27H28N6O3. The van der Waals surface area contributed by atoms with Gasteiger partial charge in [0.2, 0.25) is 0 Å². The molecule has 1 fully saturated rings. The number of phenols is 1. The first-order chi connectivity index (χ1) is 17.2. The molecule has 0 aliphatic carbocycles. The van der Waals surface area contributed by atoms with Crippen molar-refractivity contribution in [2.75, 3.05) is 23.7 Å². The van der Waals surface area contributed by atoms with Gasteiger partial charge in [-0.05, 0) is 63.2 Å². The van der Waals surface area contributed by atoms with Crippen molar-refractivity contribution in [3.63, 3.8) is 0 Å². The summed E-state index contributed by atoms with van der Waals surface area (Å²) in [5, 5.41) is 23.0. The number of para-hydroxylation sites is 1. The largest absolute Gasteiger partial charge is 0.507 e. The third kappa shape index (κ3) is 4.72. The SMILES string of the molecule is CC(C)(C)OC(=O)c1ccc(N2CC(n3cc(-c4cc(-c5ccccc5O)nnc4N)cn3)C2)cc1. The molecule has 36 heavy (non-hydrogen) atoms. The van der Waals surface area contributed by atoms with Gasteiger partial charge in [0.1, 0.15) is 11.4 Å². The minimum Gasteiger partial charge on any atom is -0.507 e. The van der Waals surface area contributed by atoms with Crippen LogP contribution < -0.4 is 10.6 Å². The van der Waals surface area contributed by atoms with Crippen LogP contribution in [0, 0.1) is 0 Å². The highest BCUT2D eigenvalue weighted by atomic mass is 16.6. The number of carbonyl (C=O) groups excluding carboxylic acids is 1. The molecule has 0 radical (unpaired) electrons. The first kappa shape index (κ1) is 23.3. The van der Waals surface area contributed by atoms with Crippen LogP contribution in [0.15, 0.2) is 67.0 Å². The first-order valence-electron chi connectivity index (χ1n) is 11.7. The Kier molecular flexibility index (Phi) is 5.83. The number of nitrogen functional groups attached to an aromatic ring is 1. The number of benzene rings is 2. The lowest BCUT2D eigenvalue weighted by Gasteiger charge is -2.41. The zero-order valence-electron chi connectivity index (χ0n) is 20.4. The molecule has 0 unspecified atom stereocenters. The second-order valence-corrected chi connectivity index (χ2v) is 9.86. The Hall–Kier alpha value is -4.40. The lowest BCUT2D eigenvalue weighted by Crippen LogP contribution is -2.48. The van der Waals surface area contributed by atoms with E-state index in [9.17, 15) is 9.90 Å². The van der Waals surface area contributed by atoms with Gasteiger partial charge in [0, 0.05) is 41.7 Å². The number of rotatable bonds is 5. The first-order valence-corrected chi connectivity index (χ1v) is 11.7. The number of esters is 1. The molecule has 0 saturated carbocycles. The van der Waals surface area contributed by atoms with E-state index in [4.69, 9.17) is 10.5 Å². The maximum Gasteiger partial charge on any atom is 0.338 e. The van der Waals surface area contributed by atoms with Gasteiger partial charge in [0.15, 0.2) is 5.82 Å². The van der Waals surface area contributed by atoms with Crippen LogP contribution >= 0.6 is 0 Å². The van der Waals surface area contributed by atoms with E-state index in [-0.39, 0.29) is 17.8 Å². The molecule has 3 heterocycles. The van der Waals surface area contributed by atoms with Gasteiger partial charge in [0.05, 0.1) is 23.5 Å². The fourth-order valence-corrected chi connectivity index (χ4v) is 4.11. The number of nitrogens with two attached hydrogens (primary N) is 1. The van der Waals surface area contributed by atoms with E-state index in [1.165, 1.54) is 0 Å². The van der Waals surface area contributed by atoms with Crippen LogP contribution in [0.3, 0.4) is 0 Å². The lowest BCUT2D eigenvalue weighted by molar-refractivity contribution is 0.00695. The van der Waals surface area contributed by atoms with Crippen LogP contribution in [0.2, 0.25) is 0 Å². The number of carbonyl (C=O) groups is 1. The summed E-state index contributed by atoms with van der Waals surface area (Å²) >= 11 is 0. The fourth-order valence-electron chi connectivity index (χ4n) is 4.11. The average molecular weight is 485 g/mol. The van der Waals surface area contributed by atoms with Crippen molar-refractivity contribution in [1.82, 2.24) is 20.0 Å². The molecule has 1 saturated heterocycles. The van der Waals surface area contributed by atoms with E-state index in [1.807, 2.05) is 55.9 Å². The Bertz CT molecular complexity index is 1400. The maximum atomic E-state index is 12.2. The van der Waals surface area contributed by atoms with Gasteiger partial charge in [-0.3, -0.25) is 4.68 Å².